The van der Waals surface area contributed by atoms with E-state index in [1.165, 1.54) is 0 Å². The topological polar surface area (TPSA) is 68.4 Å². The second-order valence-electron chi connectivity index (χ2n) is 4.68. The van der Waals surface area contributed by atoms with Gasteiger partial charge in [0.2, 0.25) is 5.82 Å². The average molecular weight is 282 g/mol. The lowest BCUT2D eigenvalue weighted by atomic mass is 10.1. The molecule has 0 aliphatic heterocycles. The molecule has 0 fully saturated rings. The fraction of sp³-hybridized carbons (Fsp3) is 0.125. The maximum absolute atomic E-state index is 9.90. The van der Waals surface area contributed by atoms with Crippen LogP contribution in [0.4, 0.5) is 0 Å². The molecule has 0 bridgehead atoms. The molecule has 0 saturated carbocycles. The van der Waals surface area contributed by atoms with Gasteiger partial charge in [0.25, 0.3) is 5.89 Å². The summed E-state index contributed by atoms with van der Waals surface area (Å²) in [4.78, 5) is 4.33. The minimum Gasteiger partial charge on any atom is -0.507 e. The highest BCUT2D eigenvalue weighted by Crippen LogP contribution is 2.30. The zero-order chi connectivity index (χ0) is 14.8. The lowest BCUT2D eigenvalue weighted by molar-refractivity contribution is 0.414. The molecule has 0 unspecified atom stereocenters. The molecule has 0 radical (unpaired) electrons. The molecule has 2 aromatic carbocycles. The van der Waals surface area contributed by atoms with Crippen molar-refractivity contribution in [2.45, 2.75) is 6.92 Å². The Labute approximate surface area is 121 Å². The van der Waals surface area contributed by atoms with E-state index in [2.05, 4.69) is 10.1 Å². The lowest BCUT2D eigenvalue weighted by Gasteiger charge is -2.00. The van der Waals surface area contributed by atoms with Gasteiger partial charge in [0.15, 0.2) is 0 Å². The first-order valence-corrected chi connectivity index (χ1v) is 6.45. The summed E-state index contributed by atoms with van der Waals surface area (Å²) in [5.74, 6) is 1.57. The van der Waals surface area contributed by atoms with Crippen molar-refractivity contribution in [1.82, 2.24) is 10.1 Å². The average Bonchev–Trinajstić information content (AvgIpc) is 2.99. The number of aryl methyl sites for hydroxylation is 1. The normalized spacial score (nSPS) is 10.6. The largest absolute Gasteiger partial charge is 0.507 e. The molecule has 1 N–H and O–H groups in total. The van der Waals surface area contributed by atoms with Crippen LogP contribution in [0.15, 0.2) is 47.0 Å². The summed E-state index contributed by atoms with van der Waals surface area (Å²) in [5.41, 5.74) is 2.32. The molecular weight excluding hydrogens is 268 g/mol. The van der Waals surface area contributed by atoms with Crippen LogP contribution in [0.3, 0.4) is 0 Å². The van der Waals surface area contributed by atoms with Crippen molar-refractivity contribution in [2.75, 3.05) is 7.11 Å². The van der Waals surface area contributed by atoms with Crippen LogP contribution < -0.4 is 4.74 Å². The molecule has 106 valence electrons. The minimum absolute atomic E-state index is 0.112. The van der Waals surface area contributed by atoms with E-state index in [0.29, 0.717) is 11.4 Å². The molecule has 3 rings (SSSR count). The second-order valence-corrected chi connectivity index (χ2v) is 4.68. The highest BCUT2D eigenvalue weighted by Gasteiger charge is 2.14. The highest BCUT2D eigenvalue weighted by molar-refractivity contribution is 5.66. The molecular formula is C16H14N2O3. The highest BCUT2D eigenvalue weighted by atomic mass is 16.5. The number of hydrogen-bond acceptors (Lipinski definition) is 5. The fourth-order valence-electron chi connectivity index (χ4n) is 2.03. The van der Waals surface area contributed by atoms with Gasteiger partial charge in [-0.2, -0.15) is 4.98 Å². The Balaban J connectivity index is 2.01. The monoisotopic (exact) mass is 282 g/mol. The number of phenols is 1. The van der Waals surface area contributed by atoms with Crippen LogP contribution in [-0.2, 0) is 0 Å². The molecule has 5 heteroatoms. The number of aromatic hydroxyl groups is 1. The summed E-state index contributed by atoms with van der Waals surface area (Å²) in [6.07, 6.45) is 0. The molecule has 0 saturated heterocycles. The van der Waals surface area contributed by atoms with Gasteiger partial charge >= 0.3 is 0 Å². The van der Waals surface area contributed by atoms with Crippen molar-refractivity contribution >= 4 is 0 Å². The SMILES string of the molecule is COc1cccc(-c2noc(-c3cc(C)ccc3O)n2)c1. The summed E-state index contributed by atoms with van der Waals surface area (Å²) in [6, 6.07) is 12.6. The van der Waals surface area contributed by atoms with E-state index < -0.39 is 0 Å². The number of methoxy groups -OCH3 is 1. The van der Waals surface area contributed by atoms with Gasteiger partial charge in [0.05, 0.1) is 12.7 Å². The molecule has 0 amide bonds. The second kappa shape index (κ2) is 5.28. The molecule has 0 aliphatic carbocycles. The Morgan fingerprint density at radius 1 is 1.14 bits per heavy atom. The maximum atomic E-state index is 9.90. The predicted octanol–water partition coefficient (Wildman–Crippen LogP) is 3.43. The van der Waals surface area contributed by atoms with E-state index in [0.717, 1.165) is 16.9 Å². The van der Waals surface area contributed by atoms with Gasteiger partial charge in [0, 0.05) is 5.56 Å². The maximum Gasteiger partial charge on any atom is 0.262 e. The lowest BCUT2D eigenvalue weighted by Crippen LogP contribution is -1.85. The van der Waals surface area contributed by atoms with E-state index in [1.807, 2.05) is 37.3 Å². The molecule has 0 atom stereocenters. The summed E-state index contributed by atoms with van der Waals surface area (Å²) in [6.45, 7) is 1.93. The summed E-state index contributed by atoms with van der Waals surface area (Å²) >= 11 is 0. The van der Waals surface area contributed by atoms with Crippen molar-refractivity contribution in [3.63, 3.8) is 0 Å². The minimum atomic E-state index is 0.112. The van der Waals surface area contributed by atoms with E-state index in [9.17, 15) is 5.11 Å². The number of rotatable bonds is 3. The zero-order valence-corrected chi connectivity index (χ0v) is 11.7. The van der Waals surface area contributed by atoms with Crippen molar-refractivity contribution in [3.8, 4) is 34.3 Å². The summed E-state index contributed by atoms with van der Waals surface area (Å²) in [7, 11) is 1.60. The summed E-state index contributed by atoms with van der Waals surface area (Å²) in [5, 5.41) is 13.9. The number of hydrogen-bond donors (Lipinski definition) is 1. The molecule has 0 aliphatic rings. The number of nitrogens with zero attached hydrogens (tertiary/aromatic N) is 2. The van der Waals surface area contributed by atoms with Gasteiger partial charge in [-0.05, 0) is 31.2 Å². The molecule has 21 heavy (non-hydrogen) atoms. The van der Waals surface area contributed by atoms with Gasteiger partial charge in [0.1, 0.15) is 11.5 Å². The van der Waals surface area contributed by atoms with Crippen LogP contribution >= 0.6 is 0 Å². The van der Waals surface area contributed by atoms with E-state index >= 15 is 0 Å². The van der Waals surface area contributed by atoms with Gasteiger partial charge in [-0.15, -0.1) is 0 Å². The van der Waals surface area contributed by atoms with Crippen LogP contribution in [0, 0.1) is 6.92 Å². The number of aromatic nitrogens is 2. The third kappa shape index (κ3) is 2.58. The van der Waals surface area contributed by atoms with Crippen LogP contribution in [0.5, 0.6) is 11.5 Å². The van der Waals surface area contributed by atoms with Crippen molar-refractivity contribution in [1.29, 1.82) is 0 Å². The predicted molar refractivity (Wildman–Crippen MR) is 78.1 cm³/mol. The van der Waals surface area contributed by atoms with E-state index in [-0.39, 0.29) is 11.6 Å². The van der Waals surface area contributed by atoms with Crippen LogP contribution in [-0.4, -0.2) is 22.4 Å². The third-order valence-electron chi connectivity index (χ3n) is 3.14. The number of ether oxygens (including phenoxy) is 1. The fourth-order valence-corrected chi connectivity index (χ4v) is 2.03. The number of phenolic OH excluding ortho intramolecular Hbond substituents is 1. The molecule has 1 heterocycles. The first-order valence-electron chi connectivity index (χ1n) is 6.45. The van der Waals surface area contributed by atoms with Crippen LogP contribution in [0.25, 0.3) is 22.8 Å². The van der Waals surface area contributed by atoms with Gasteiger partial charge in [-0.25, -0.2) is 0 Å². The van der Waals surface area contributed by atoms with Crippen LogP contribution in [0.1, 0.15) is 5.56 Å². The molecule has 0 spiro atoms. The van der Waals surface area contributed by atoms with Crippen molar-refractivity contribution in [3.05, 3.63) is 48.0 Å². The molecule has 1 aromatic heterocycles. The third-order valence-corrected chi connectivity index (χ3v) is 3.14. The Morgan fingerprint density at radius 2 is 2.00 bits per heavy atom. The first kappa shape index (κ1) is 13.2. The number of benzene rings is 2. The standard InChI is InChI=1S/C16H14N2O3/c1-10-6-7-14(19)13(8-10)16-17-15(18-21-16)11-4-3-5-12(9-11)20-2/h3-9,19H,1-2H3. The zero-order valence-electron chi connectivity index (χ0n) is 11.7. The molecule has 3 aromatic rings. The summed E-state index contributed by atoms with van der Waals surface area (Å²) < 4.78 is 10.4. The Kier molecular flexibility index (Phi) is 3.31. The van der Waals surface area contributed by atoms with Crippen LogP contribution in [0.2, 0.25) is 0 Å². The Morgan fingerprint density at radius 3 is 2.81 bits per heavy atom. The van der Waals surface area contributed by atoms with E-state index in [1.54, 1.807) is 19.2 Å². The van der Waals surface area contributed by atoms with E-state index in [4.69, 9.17) is 9.26 Å². The quantitative estimate of drug-likeness (QED) is 0.797. The van der Waals surface area contributed by atoms with Crippen molar-refractivity contribution < 1.29 is 14.4 Å². The first-order chi connectivity index (χ1) is 10.2. The smallest absolute Gasteiger partial charge is 0.262 e. The molecule has 5 nitrogen and oxygen atoms in total. The van der Waals surface area contributed by atoms with Gasteiger partial charge in [-0.3, -0.25) is 0 Å². The Bertz CT molecular complexity index is 781. The van der Waals surface area contributed by atoms with Gasteiger partial charge < -0.3 is 14.4 Å². The Hall–Kier alpha value is -2.82. The van der Waals surface area contributed by atoms with Gasteiger partial charge in [-0.1, -0.05) is 28.9 Å². The van der Waals surface area contributed by atoms with Crippen molar-refractivity contribution in [2.24, 2.45) is 0 Å².